The number of aliphatic hydroxyl groups excluding tert-OH is 2. The number of carbonyl (C=O) groups excluding carboxylic acids is 2. The molecule has 0 aromatic carbocycles. The van der Waals surface area contributed by atoms with Crippen molar-refractivity contribution in [2.75, 3.05) is 13.7 Å². The number of hydrogen-bond acceptors (Lipinski definition) is 6. The standard InChI is InChI=1S/C33H52O6/c1-20(34)39-19-30(4)23-11-12-32(6)24(33(23,7)26(36)17-25(30)35)10-9-21-22-18-29(3,27(37)38-8)14-13-28(22,2)15-16-31(21,32)5/h9,22-26,35-36H,10-19H2,1-8H3/t22-,23+,24+,25+,26+,28-,29-,30+,31-,32-,33+/m1/s1. The maximum absolute atomic E-state index is 12.9. The monoisotopic (exact) mass is 544 g/mol. The van der Waals surface area contributed by atoms with E-state index < -0.39 is 28.5 Å². The second-order valence-electron chi connectivity index (χ2n) is 15.7. The van der Waals surface area contributed by atoms with Crippen LogP contribution in [0.25, 0.3) is 0 Å². The lowest BCUT2D eigenvalue weighted by atomic mass is 9.33. The van der Waals surface area contributed by atoms with Crippen molar-refractivity contribution in [2.24, 2.45) is 50.2 Å². The van der Waals surface area contributed by atoms with Crippen LogP contribution in [0.2, 0.25) is 0 Å². The van der Waals surface area contributed by atoms with Crippen molar-refractivity contribution in [3.63, 3.8) is 0 Å². The molecule has 220 valence electrons. The molecule has 5 aliphatic carbocycles. The lowest BCUT2D eigenvalue weighted by molar-refractivity contribution is -0.255. The zero-order valence-corrected chi connectivity index (χ0v) is 25.6. The van der Waals surface area contributed by atoms with E-state index in [1.165, 1.54) is 14.0 Å². The molecule has 0 radical (unpaired) electrons. The Morgan fingerprint density at radius 3 is 2.26 bits per heavy atom. The van der Waals surface area contributed by atoms with E-state index in [9.17, 15) is 19.8 Å². The van der Waals surface area contributed by atoms with Crippen molar-refractivity contribution in [3.05, 3.63) is 11.6 Å². The Labute approximate surface area is 235 Å². The van der Waals surface area contributed by atoms with Gasteiger partial charge in [0.05, 0.1) is 31.3 Å². The summed E-state index contributed by atoms with van der Waals surface area (Å²) in [4.78, 5) is 24.7. The molecule has 5 rings (SSSR count). The number of allylic oxidation sites excluding steroid dienone is 2. The van der Waals surface area contributed by atoms with Crippen molar-refractivity contribution >= 4 is 11.9 Å². The fraction of sp³-hybridized carbons (Fsp3) is 0.879. The highest BCUT2D eigenvalue weighted by molar-refractivity contribution is 5.76. The molecule has 0 amide bonds. The summed E-state index contributed by atoms with van der Waals surface area (Å²) in [5.41, 5.74) is 0.245. The van der Waals surface area contributed by atoms with E-state index in [1.54, 1.807) is 5.57 Å². The highest BCUT2D eigenvalue weighted by atomic mass is 16.5. The maximum atomic E-state index is 12.9. The molecule has 5 aliphatic rings. The van der Waals surface area contributed by atoms with E-state index in [4.69, 9.17) is 9.47 Å². The fourth-order valence-corrected chi connectivity index (χ4v) is 11.0. The Bertz CT molecular complexity index is 1070. The van der Waals surface area contributed by atoms with Gasteiger partial charge in [0.15, 0.2) is 0 Å². The molecule has 0 heterocycles. The van der Waals surface area contributed by atoms with Crippen LogP contribution in [-0.4, -0.2) is 48.1 Å². The highest BCUT2D eigenvalue weighted by Crippen LogP contribution is 2.75. The average molecular weight is 545 g/mol. The zero-order valence-electron chi connectivity index (χ0n) is 25.6. The summed E-state index contributed by atoms with van der Waals surface area (Å²) in [5, 5.41) is 23.0. The van der Waals surface area contributed by atoms with Crippen LogP contribution in [0, 0.1) is 50.2 Å². The van der Waals surface area contributed by atoms with Gasteiger partial charge in [-0.25, -0.2) is 0 Å². The van der Waals surface area contributed by atoms with Crippen LogP contribution in [0.1, 0.15) is 106 Å². The number of methoxy groups -OCH3 is 1. The van der Waals surface area contributed by atoms with Crippen molar-refractivity contribution in [2.45, 2.75) is 118 Å². The number of ether oxygens (including phenoxy) is 2. The molecule has 6 heteroatoms. The van der Waals surface area contributed by atoms with E-state index in [0.717, 1.165) is 51.4 Å². The minimum atomic E-state index is -0.715. The van der Waals surface area contributed by atoms with Gasteiger partial charge in [0.1, 0.15) is 0 Å². The summed E-state index contributed by atoms with van der Waals surface area (Å²) in [6.45, 7) is 15.4. The molecule has 0 aliphatic heterocycles. The normalized spacial score (nSPS) is 52.8. The minimum absolute atomic E-state index is 0.0195. The SMILES string of the molecule is COC(=O)[C@]1(C)CC[C@]2(C)CC[C@]3(C)C(=CC[C@@H]4[C@@]5(C)[C@@H](O)C[C@H](O)[C@@](C)(COC(C)=O)[C@@H]5CC[C@]43C)[C@H]2C1. The van der Waals surface area contributed by atoms with Crippen molar-refractivity contribution in [1.29, 1.82) is 0 Å². The molecule has 2 N–H and O–H groups in total. The van der Waals surface area contributed by atoms with Crippen LogP contribution >= 0.6 is 0 Å². The summed E-state index contributed by atoms with van der Waals surface area (Å²) in [6.07, 6.45) is 9.32. The first-order valence-corrected chi connectivity index (χ1v) is 15.3. The van der Waals surface area contributed by atoms with Gasteiger partial charge >= 0.3 is 11.9 Å². The molecule has 0 saturated heterocycles. The van der Waals surface area contributed by atoms with Gasteiger partial charge in [-0.15, -0.1) is 0 Å². The van der Waals surface area contributed by atoms with Gasteiger partial charge in [-0.2, -0.15) is 0 Å². The van der Waals surface area contributed by atoms with Crippen molar-refractivity contribution < 1.29 is 29.3 Å². The number of aliphatic hydroxyl groups is 2. The zero-order chi connectivity index (χ0) is 28.8. The van der Waals surface area contributed by atoms with Crippen LogP contribution in [0.3, 0.4) is 0 Å². The van der Waals surface area contributed by atoms with Gasteiger partial charge in [0.25, 0.3) is 0 Å². The number of fused-ring (bicyclic) bond motifs is 7. The van der Waals surface area contributed by atoms with E-state index in [2.05, 4.69) is 47.6 Å². The predicted molar refractivity (Wildman–Crippen MR) is 149 cm³/mol. The molecular formula is C33H52O6. The third-order valence-corrected chi connectivity index (χ3v) is 14.0. The Kier molecular flexibility index (Phi) is 6.75. The Morgan fingerprint density at radius 1 is 0.949 bits per heavy atom. The van der Waals surface area contributed by atoms with Crippen LogP contribution in [-0.2, 0) is 19.1 Å². The lowest BCUT2D eigenvalue weighted by Crippen LogP contribution is -2.69. The molecule has 0 unspecified atom stereocenters. The third kappa shape index (κ3) is 3.78. The summed E-state index contributed by atoms with van der Waals surface area (Å²) in [5.74, 6) is 0.236. The molecule has 0 spiro atoms. The van der Waals surface area contributed by atoms with Gasteiger partial charge in [0.2, 0.25) is 0 Å². The van der Waals surface area contributed by atoms with E-state index in [1.807, 2.05) is 0 Å². The first-order valence-electron chi connectivity index (χ1n) is 15.3. The largest absolute Gasteiger partial charge is 0.469 e. The van der Waals surface area contributed by atoms with Crippen molar-refractivity contribution in [1.82, 2.24) is 0 Å². The Morgan fingerprint density at radius 2 is 1.62 bits per heavy atom. The summed E-state index contributed by atoms with van der Waals surface area (Å²) < 4.78 is 10.8. The van der Waals surface area contributed by atoms with E-state index in [-0.39, 0.29) is 46.6 Å². The number of rotatable bonds is 3. The van der Waals surface area contributed by atoms with Gasteiger partial charge < -0.3 is 19.7 Å². The second kappa shape index (κ2) is 9.05. The Hall–Kier alpha value is -1.40. The number of carbonyl (C=O) groups is 2. The summed E-state index contributed by atoms with van der Waals surface area (Å²) >= 11 is 0. The molecule has 4 saturated carbocycles. The first kappa shape index (κ1) is 29.1. The Balaban J connectivity index is 1.56. The van der Waals surface area contributed by atoms with Crippen LogP contribution in [0.15, 0.2) is 11.6 Å². The molecule has 0 aromatic heterocycles. The molecule has 11 atom stereocenters. The smallest absolute Gasteiger partial charge is 0.311 e. The van der Waals surface area contributed by atoms with Crippen LogP contribution < -0.4 is 0 Å². The predicted octanol–water partition coefficient (Wildman–Crippen LogP) is 5.84. The number of hydrogen-bond donors (Lipinski definition) is 2. The van der Waals surface area contributed by atoms with E-state index >= 15 is 0 Å². The van der Waals surface area contributed by atoms with Crippen molar-refractivity contribution in [3.8, 4) is 0 Å². The maximum Gasteiger partial charge on any atom is 0.311 e. The number of esters is 2. The van der Waals surface area contributed by atoms with Gasteiger partial charge in [-0.1, -0.05) is 46.3 Å². The highest BCUT2D eigenvalue weighted by Gasteiger charge is 2.70. The molecule has 39 heavy (non-hydrogen) atoms. The third-order valence-electron chi connectivity index (χ3n) is 14.0. The van der Waals surface area contributed by atoms with Gasteiger partial charge in [0, 0.05) is 24.2 Å². The lowest BCUT2D eigenvalue weighted by Gasteiger charge is -2.72. The van der Waals surface area contributed by atoms with Gasteiger partial charge in [-0.3, -0.25) is 9.59 Å². The molecule has 6 nitrogen and oxygen atoms in total. The summed E-state index contributed by atoms with van der Waals surface area (Å²) in [7, 11) is 1.51. The summed E-state index contributed by atoms with van der Waals surface area (Å²) in [6, 6.07) is 0. The fourth-order valence-electron chi connectivity index (χ4n) is 11.0. The molecule has 4 fully saturated rings. The topological polar surface area (TPSA) is 93.1 Å². The molecular weight excluding hydrogens is 492 g/mol. The minimum Gasteiger partial charge on any atom is -0.469 e. The average Bonchev–Trinajstić information content (AvgIpc) is 2.87. The first-order chi connectivity index (χ1) is 18.0. The second-order valence-corrected chi connectivity index (χ2v) is 15.7. The van der Waals surface area contributed by atoms with Gasteiger partial charge in [-0.05, 0) is 92.3 Å². The molecule has 0 bridgehead atoms. The van der Waals surface area contributed by atoms with Crippen LogP contribution in [0.5, 0.6) is 0 Å². The quantitative estimate of drug-likeness (QED) is 0.343. The van der Waals surface area contributed by atoms with E-state index in [0.29, 0.717) is 12.3 Å². The van der Waals surface area contributed by atoms with Crippen LogP contribution in [0.4, 0.5) is 0 Å². The molecule has 0 aromatic rings.